The second-order valence-corrected chi connectivity index (χ2v) is 7.22. The maximum absolute atomic E-state index is 12.8. The molecule has 5 nitrogen and oxygen atoms in total. The lowest BCUT2D eigenvalue weighted by Crippen LogP contribution is -2.34. The molecule has 156 valence electrons. The van der Waals surface area contributed by atoms with Crippen LogP contribution >= 0.6 is 0 Å². The monoisotopic (exact) mass is 404 g/mol. The summed E-state index contributed by atoms with van der Waals surface area (Å²) < 4.78 is 10.5. The molecule has 0 saturated heterocycles. The molecule has 1 amide bonds. The van der Waals surface area contributed by atoms with Crippen LogP contribution in [0.1, 0.15) is 28.3 Å². The SMILES string of the molecule is COc1ccc(C(NC(=O)CNc2cc(C)ccc2C)c2ccc(OC)cc2)cc1. The number of ether oxygens (including phenoxy) is 2. The third-order valence-corrected chi connectivity index (χ3v) is 5.04. The summed E-state index contributed by atoms with van der Waals surface area (Å²) in [7, 11) is 3.27. The van der Waals surface area contributed by atoms with Crippen molar-refractivity contribution in [3.8, 4) is 11.5 Å². The van der Waals surface area contributed by atoms with Gasteiger partial charge in [-0.2, -0.15) is 0 Å². The Balaban J connectivity index is 1.78. The molecular formula is C25H28N2O3. The first-order valence-corrected chi connectivity index (χ1v) is 9.88. The van der Waals surface area contributed by atoms with Crippen molar-refractivity contribution < 1.29 is 14.3 Å². The molecule has 0 unspecified atom stereocenters. The number of hydrogen-bond donors (Lipinski definition) is 2. The van der Waals surface area contributed by atoms with E-state index in [1.807, 2.05) is 74.5 Å². The highest BCUT2D eigenvalue weighted by Crippen LogP contribution is 2.26. The van der Waals surface area contributed by atoms with Crippen molar-refractivity contribution >= 4 is 11.6 Å². The van der Waals surface area contributed by atoms with Crippen LogP contribution in [0.2, 0.25) is 0 Å². The zero-order valence-electron chi connectivity index (χ0n) is 17.9. The third kappa shape index (κ3) is 5.32. The van der Waals surface area contributed by atoms with E-state index in [4.69, 9.17) is 9.47 Å². The second kappa shape index (κ2) is 9.83. The highest BCUT2D eigenvalue weighted by atomic mass is 16.5. The Labute approximate surface area is 178 Å². The molecule has 2 N–H and O–H groups in total. The van der Waals surface area contributed by atoms with E-state index in [-0.39, 0.29) is 18.5 Å². The molecule has 0 fully saturated rings. The van der Waals surface area contributed by atoms with Crippen molar-refractivity contribution in [2.75, 3.05) is 26.1 Å². The van der Waals surface area contributed by atoms with E-state index in [2.05, 4.69) is 16.7 Å². The van der Waals surface area contributed by atoms with E-state index in [0.29, 0.717) is 0 Å². The summed E-state index contributed by atoms with van der Waals surface area (Å²) >= 11 is 0. The molecule has 0 atom stereocenters. The van der Waals surface area contributed by atoms with Gasteiger partial charge in [0.1, 0.15) is 11.5 Å². The molecule has 0 saturated carbocycles. The Morgan fingerprint density at radius 3 is 1.87 bits per heavy atom. The smallest absolute Gasteiger partial charge is 0.240 e. The third-order valence-electron chi connectivity index (χ3n) is 5.04. The first-order valence-electron chi connectivity index (χ1n) is 9.88. The molecule has 3 rings (SSSR count). The summed E-state index contributed by atoms with van der Waals surface area (Å²) in [5, 5.41) is 6.39. The molecule has 0 spiro atoms. The van der Waals surface area contributed by atoms with Crippen molar-refractivity contribution in [1.82, 2.24) is 5.32 Å². The zero-order chi connectivity index (χ0) is 21.5. The van der Waals surface area contributed by atoms with E-state index < -0.39 is 0 Å². The number of carbonyl (C=O) groups excluding carboxylic acids is 1. The Kier molecular flexibility index (Phi) is 6.96. The van der Waals surface area contributed by atoms with Crippen molar-refractivity contribution in [3.05, 3.63) is 89.0 Å². The fraction of sp³-hybridized carbons (Fsp3) is 0.240. The molecule has 0 heterocycles. The van der Waals surface area contributed by atoms with Gasteiger partial charge in [0.15, 0.2) is 0 Å². The summed E-state index contributed by atoms with van der Waals surface area (Å²) in [6, 6.07) is 21.3. The van der Waals surface area contributed by atoms with Gasteiger partial charge in [0.05, 0.1) is 26.8 Å². The minimum absolute atomic E-state index is 0.0902. The number of aryl methyl sites for hydroxylation is 2. The van der Waals surface area contributed by atoms with Crippen LogP contribution in [0.5, 0.6) is 11.5 Å². The number of anilines is 1. The molecule has 5 heteroatoms. The average Bonchev–Trinajstić information content (AvgIpc) is 2.78. The summed E-state index contributed by atoms with van der Waals surface area (Å²) in [6.45, 7) is 4.25. The summed E-state index contributed by atoms with van der Waals surface area (Å²) in [4.78, 5) is 12.8. The number of amides is 1. The Bertz CT molecular complexity index is 935. The number of rotatable bonds is 8. The molecule has 0 aromatic heterocycles. The summed E-state index contributed by atoms with van der Waals surface area (Å²) in [5.74, 6) is 1.46. The molecule has 0 radical (unpaired) electrons. The largest absolute Gasteiger partial charge is 0.497 e. The van der Waals surface area contributed by atoms with Crippen LogP contribution in [-0.4, -0.2) is 26.7 Å². The average molecular weight is 405 g/mol. The Morgan fingerprint density at radius 2 is 1.37 bits per heavy atom. The number of carbonyl (C=O) groups is 1. The second-order valence-electron chi connectivity index (χ2n) is 7.22. The van der Waals surface area contributed by atoms with Crippen LogP contribution in [-0.2, 0) is 4.79 Å². The minimum Gasteiger partial charge on any atom is -0.497 e. The number of hydrogen-bond acceptors (Lipinski definition) is 4. The van der Waals surface area contributed by atoms with Crippen LogP contribution in [0.15, 0.2) is 66.7 Å². The van der Waals surface area contributed by atoms with Gasteiger partial charge in [0.2, 0.25) is 5.91 Å². The van der Waals surface area contributed by atoms with Crippen molar-refractivity contribution in [2.24, 2.45) is 0 Å². The number of benzene rings is 3. The van der Waals surface area contributed by atoms with Crippen molar-refractivity contribution in [2.45, 2.75) is 19.9 Å². The van der Waals surface area contributed by atoms with Gasteiger partial charge in [0, 0.05) is 5.69 Å². The zero-order valence-corrected chi connectivity index (χ0v) is 17.9. The van der Waals surface area contributed by atoms with Gasteiger partial charge in [0.25, 0.3) is 0 Å². The maximum Gasteiger partial charge on any atom is 0.240 e. The van der Waals surface area contributed by atoms with E-state index in [9.17, 15) is 4.79 Å². The van der Waals surface area contributed by atoms with E-state index in [1.54, 1.807) is 14.2 Å². The van der Waals surface area contributed by atoms with Crippen LogP contribution in [0.25, 0.3) is 0 Å². The van der Waals surface area contributed by atoms with Crippen LogP contribution < -0.4 is 20.1 Å². The van der Waals surface area contributed by atoms with Gasteiger partial charge >= 0.3 is 0 Å². The fourth-order valence-corrected chi connectivity index (χ4v) is 3.27. The van der Waals surface area contributed by atoms with Gasteiger partial charge in [-0.1, -0.05) is 36.4 Å². The molecule has 0 aliphatic carbocycles. The first kappa shape index (κ1) is 21.2. The van der Waals surface area contributed by atoms with Crippen molar-refractivity contribution in [1.29, 1.82) is 0 Å². The fourth-order valence-electron chi connectivity index (χ4n) is 3.27. The first-order chi connectivity index (χ1) is 14.5. The molecule has 3 aromatic carbocycles. The van der Waals surface area contributed by atoms with Gasteiger partial charge in [-0.05, 0) is 66.4 Å². The van der Waals surface area contributed by atoms with Gasteiger partial charge < -0.3 is 20.1 Å². The van der Waals surface area contributed by atoms with Crippen molar-refractivity contribution in [3.63, 3.8) is 0 Å². The summed E-state index contributed by atoms with van der Waals surface area (Å²) in [5.41, 5.74) is 5.17. The number of methoxy groups -OCH3 is 2. The Hall–Kier alpha value is -3.47. The van der Waals surface area contributed by atoms with Crippen LogP contribution in [0.3, 0.4) is 0 Å². The van der Waals surface area contributed by atoms with Gasteiger partial charge in [-0.3, -0.25) is 4.79 Å². The van der Waals surface area contributed by atoms with Crippen LogP contribution in [0, 0.1) is 13.8 Å². The molecular weight excluding hydrogens is 376 g/mol. The minimum atomic E-state index is -0.283. The standard InChI is InChI=1S/C25H28N2O3/c1-17-5-6-18(2)23(15-17)26-16-24(28)27-25(19-7-11-21(29-3)12-8-19)20-9-13-22(30-4)14-10-20/h5-15,25-26H,16H2,1-4H3,(H,27,28). The maximum atomic E-state index is 12.8. The molecule has 0 aliphatic heterocycles. The van der Waals surface area contributed by atoms with E-state index >= 15 is 0 Å². The topological polar surface area (TPSA) is 59.6 Å². The predicted octanol–water partition coefficient (Wildman–Crippen LogP) is 4.64. The predicted molar refractivity (Wildman–Crippen MR) is 120 cm³/mol. The summed E-state index contributed by atoms with van der Waals surface area (Å²) in [6.07, 6.45) is 0. The van der Waals surface area contributed by atoms with Gasteiger partial charge in [-0.25, -0.2) is 0 Å². The lowest BCUT2D eigenvalue weighted by Gasteiger charge is -2.21. The lowest BCUT2D eigenvalue weighted by atomic mass is 9.98. The molecule has 0 aliphatic rings. The van der Waals surface area contributed by atoms with Crippen LogP contribution in [0.4, 0.5) is 5.69 Å². The normalized spacial score (nSPS) is 10.6. The Morgan fingerprint density at radius 1 is 0.833 bits per heavy atom. The molecule has 30 heavy (non-hydrogen) atoms. The number of nitrogens with one attached hydrogen (secondary N) is 2. The highest BCUT2D eigenvalue weighted by molar-refractivity contribution is 5.82. The quantitative estimate of drug-likeness (QED) is 0.574. The van der Waals surface area contributed by atoms with E-state index in [0.717, 1.165) is 39.4 Å². The highest BCUT2D eigenvalue weighted by Gasteiger charge is 2.17. The lowest BCUT2D eigenvalue weighted by molar-refractivity contribution is -0.119. The van der Waals surface area contributed by atoms with Gasteiger partial charge in [-0.15, -0.1) is 0 Å². The molecule has 0 bridgehead atoms. The van der Waals surface area contributed by atoms with E-state index in [1.165, 1.54) is 0 Å². The molecule has 3 aromatic rings.